The van der Waals surface area contributed by atoms with Crippen LogP contribution < -0.4 is 17.6 Å². The second-order valence-electron chi connectivity index (χ2n) is 4.07. The van der Waals surface area contributed by atoms with Crippen LogP contribution in [0.25, 0.3) is 0 Å². The predicted octanol–water partition coefficient (Wildman–Crippen LogP) is 0.377. The molecule has 0 aliphatic carbocycles. The molecule has 7 nitrogen and oxygen atoms in total. The van der Waals surface area contributed by atoms with Gasteiger partial charge in [0.05, 0.1) is 0 Å². The summed E-state index contributed by atoms with van der Waals surface area (Å²) >= 11 is 0. The average Bonchev–Trinajstić information content (AvgIpc) is 2.33. The molecule has 1 rings (SSSR count). The van der Waals surface area contributed by atoms with Gasteiger partial charge in [-0.25, -0.2) is 4.86 Å². The first-order valence-corrected chi connectivity index (χ1v) is 5.56. The van der Waals surface area contributed by atoms with E-state index in [1.54, 1.807) is 24.3 Å². The van der Waals surface area contributed by atoms with E-state index in [0.717, 1.165) is 5.56 Å². The molecule has 0 heterocycles. The zero-order valence-electron chi connectivity index (χ0n) is 9.99. The number of nitrogens with two attached hydrogens (primary N) is 3. The Kier molecular flexibility index (Phi) is 5.20. The van der Waals surface area contributed by atoms with Crippen LogP contribution >= 0.6 is 0 Å². The van der Waals surface area contributed by atoms with Gasteiger partial charge in [-0.3, -0.25) is 4.79 Å². The first-order chi connectivity index (χ1) is 8.45. The normalized spacial score (nSPS) is 13.1. The van der Waals surface area contributed by atoms with E-state index in [4.69, 9.17) is 17.6 Å². The minimum absolute atomic E-state index is 0.125. The van der Waals surface area contributed by atoms with Gasteiger partial charge in [-0.05, 0) is 6.42 Å². The maximum absolute atomic E-state index is 11.7. The number of rotatable bonds is 6. The summed E-state index contributed by atoms with van der Waals surface area (Å²) in [6.07, 6.45) is 0.918. The minimum Gasteiger partial charge on any atom is -0.591 e. The molecule has 0 spiro atoms. The van der Waals surface area contributed by atoms with Crippen LogP contribution in [0.4, 0.5) is 0 Å². The molecule has 0 aliphatic heterocycles. The average molecular weight is 254 g/mol. The van der Waals surface area contributed by atoms with Gasteiger partial charge in [0.1, 0.15) is 6.04 Å². The van der Waals surface area contributed by atoms with E-state index in [9.17, 15) is 10.0 Å². The number of benzene rings is 1. The highest BCUT2D eigenvalue weighted by Gasteiger charge is 2.24. The van der Waals surface area contributed by atoms with Crippen molar-refractivity contribution in [2.75, 3.05) is 0 Å². The fraction of sp³-hybridized carbons (Fsp3) is 0.364. The number of hydrogen-bond acceptors (Lipinski definition) is 6. The Labute approximate surface area is 105 Å². The summed E-state index contributed by atoms with van der Waals surface area (Å²) < 4.78 is 0. The monoisotopic (exact) mass is 254 g/mol. The van der Waals surface area contributed by atoms with Gasteiger partial charge in [0.2, 0.25) is 0 Å². The number of carbonyl (C=O) groups is 1. The quantitative estimate of drug-likeness (QED) is 0.382. The van der Waals surface area contributed by atoms with Crippen LogP contribution in [0.3, 0.4) is 0 Å². The van der Waals surface area contributed by atoms with Crippen LogP contribution in [0.15, 0.2) is 30.3 Å². The molecule has 1 unspecified atom stereocenters. The molecular weight excluding hydrogens is 236 g/mol. The van der Waals surface area contributed by atoms with Crippen molar-refractivity contribution >= 4 is 5.97 Å². The number of hydroxylamine groups is 1. The zero-order valence-corrected chi connectivity index (χ0v) is 9.99. The van der Waals surface area contributed by atoms with E-state index in [2.05, 4.69) is 4.84 Å². The molecule has 0 saturated carbocycles. The molecule has 7 heteroatoms. The minimum atomic E-state index is -1.41. The lowest BCUT2D eigenvalue weighted by Crippen LogP contribution is -2.57. The molecule has 1 aromatic rings. The first kappa shape index (κ1) is 14.6. The van der Waals surface area contributed by atoms with Crippen LogP contribution in [0.5, 0.6) is 0 Å². The molecule has 18 heavy (non-hydrogen) atoms. The number of quaternary nitrogens is 1. The summed E-state index contributed by atoms with van der Waals surface area (Å²) in [6, 6.07) is 8.35. The highest BCUT2D eigenvalue weighted by atomic mass is 16.7. The first-order valence-electron chi connectivity index (χ1n) is 5.56. The highest BCUT2D eigenvalue weighted by molar-refractivity contribution is 5.68. The number of carbonyl (C=O) groups excluding carboxylic acids is 1. The van der Waals surface area contributed by atoms with Crippen molar-refractivity contribution in [3.05, 3.63) is 41.1 Å². The second-order valence-corrected chi connectivity index (χ2v) is 4.07. The molecule has 0 aromatic heterocycles. The third-order valence-corrected chi connectivity index (χ3v) is 2.66. The maximum Gasteiger partial charge on any atom is 0.324 e. The predicted molar refractivity (Wildman–Crippen MR) is 65.3 cm³/mol. The molecule has 6 N–H and O–H groups in total. The van der Waals surface area contributed by atoms with E-state index in [0.29, 0.717) is 12.8 Å². The van der Waals surface area contributed by atoms with Crippen LogP contribution in [0.2, 0.25) is 0 Å². The molecule has 100 valence electrons. The van der Waals surface area contributed by atoms with E-state index in [-0.39, 0.29) is 6.42 Å². The van der Waals surface area contributed by atoms with E-state index in [1.807, 2.05) is 6.07 Å². The summed E-state index contributed by atoms with van der Waals surface area (Å²) in [4.78, 5) is 13.5. The SMILES string of the molecule is NOC(=O)CCCC(c1ccccc1)[N+](N)(N)[O-]. The van der Waals surface area contributed by atoms with E-state index in [1.165, 1.54) is 0 Å². The van der Waals surface area contributed by atoms with Crippen molar-refractivity contribution < 1.29 is 14.5 Å². The topological polar surface area (TPSA) is 127 Å². The molecule has 0 amide bonds. The summed E-state index contributed by atoms with van der Waals surface area (Å²) in [6.45, 7) is 0. The van der Waals surface area contributed by atoms with Gasteiger partial charge < -0.3 is 10.0 Å². The van der Waals surface area contributed by atoms with Gasteiger partial charge in [-0.1, -0.05) is 30.3 Å². The van der Waals surface area contributed by atoms with Crippen molar-refractivity contribution in [1.82, 2.24) is 0 Å². The van der Waals surface area contributed by atoms with Crippen molar-refractivity contribution in [1.29, 1.82) is 0 Å². The van der Waals surface area contributed by atoms with Crippen LogP contribution in [0.1, 0.15) is 30.9 Å². The fourth-order valence-electron chi connectivity index (χ4n) is 1.78. The zero-order chi connectivity index (χ0) is 13.6. The van der Waals surface area contributed by atoms with E-state index < -0.39 is 16.9 Å². The van der Waals surface area contributed by atoms with Crippen molar-refractivity contribution in [3.8, 4) is 0 Å². The summed E-state index contributed by atoms with van der Waals surface area (Å²) in [5.74, 6) is 15.0. The Bertz CT molecular complexity index is 378. The molecule has 1 atom stereocenters. The Morgan fingerprint density at radius 2 is 1.94 bits per heavy atom. The molecule has 0 aliphatic rings. The third kappa shape index (κ3) is 4.40. The van der Waals surface area contributed by atoms with Crippen LogP contribution in [-0.4, -0.2) is 10.8 Å². The third-order valence-electron chi connectivity index (χ3n) is 2.66. The molecule has 0 fully saturated rings. The summed E-state index contributed by atoms with van der Waals surface area (Å²) in [5.41, 5.74) is 0.735. The molecule has 0 bridgehead atoms. The summed E-state index contributed by atoms with van der Waals surface area (Å²) in [5, 5.41) is 11.7. The van der Waals surface area contributed by atoms with Gasteiger partial charge in [-0.15, -0.1) is 0 Å². The Hall–Kier alpha value is -1.51. The second kappa shape index (κ2) is 6.43. The highest BCUT2D eigenvalue weighted by Crippen LogP contribution is 2.26. The smallest absolute Gasteiger partial charge is 0.324 e. The standard InChI is InChI=1S/C11H18N4O3/c12-15(13,17)10(7-4-8-11(16)18-14)9-5-2-1-3-6-9/h1-3,5-6,10H,4,7-8,12-14H2. The lowest BCUT2D eigenvalue weighted by Gasteiger charge is -2.38. The van der Waals surface area contributed by atoms with Gasteiger partial charge in [0.15, 0.2) is 0 Å². The molecular formula is C11H18N4O3. The lowest BCUT2D eigenvalue weighted by atomic mass is 10.0. The Morgan fingerprint density at radius 1 is 1.33 bits per heavy atom. The maximum atomic E-state index is 11.7. The van der Waals surface area contributed by atoms with Gasteiger partial charge in [0.25, 0.3) is 0 Å². The van der Waals surface area contributed by atoms with Gasteiger partial charge in [0, 0.05) is 18.4 Å². The van der Waals surface area contributed by atoms with Gasteiger partial charge in [-0.2, -0.15) is 17.6 Å². The van der Waals surface area contributed by atoms with Crippen LogP contribution in [-0.2, 0) is 9.63 Å². The Balaban J connectivity index is 2.67. The number of nitrogens with zero attached hydrogens (tertiary/aromatic N) is 1. The van der Waals surface area contributed by atoms with E-state index >= 15 is 0 Å². The van der Waals surface area contributed by atoms with Crippen LogP contribution in [0, 0.1) is 5.21 Å². The molecule has 1 aromatic carbocycles. The lowest BCUT2D eigenvalue weighted by molar-refractivity contribution is -0.935. The van der Waals surface area contributed by atoms with Crippen molar-refractivity contribution in [2.45, 2.75) is 25.3 Å². The molecule has 0 saturated heterocycles. The largest absolute Gasteiger partial charge is 0.591 e. The number of hydrogen-bond donors (Lipinski definition) is 3. The summed E-state index contributed by atoms with van der Waals surface area (Å²) in [7, 11) is 0. The van der Waals surface area contributed by atoms with Crippen molar-refractivity contribution in [2.24, 2.45) is 17.6 Å². The Morgan fingerprint density at radius 3 is 2.44 bits per heavy atom. The molecule has 0 radical (unpaired) electrons. The van der Waals surface area contributed by atoms with Gasteiger partial charge >= 0.3 is 5.97 Å². The van der Waals surface area contributed by atoms with Crippen molar-refractivity contribution in [3.63, 3.8) is 0 Å². The fourth-order valence-corrected chi connectivity index (χ4v) is 1.78.